The highest BCUT2D eigenvalue weighted by Gasteiger charge is 2.28. The van der Waals surface area contributed by atoms with E-state index in [-0.39, 0.29) is 5.41 Å². The van der Waals surface area contributed by atoms with Gasteiger partial charge in [-0.05, 0) is 31.4 Å². The number of aliphatic hydroxyl groups excluding tert-OH is 2. The zero-order chi connectivity index (χ0) is 21.2. The molecule has 0 aliphatic carbocycles. The highest BCUT2D eigenvalue weighted by Crippen LogP contribution is 2.27. The summed E-state index contributed by atoms with van der Waals surface area (Å²) >= 11 is 0. The van der Waals surface area contributed by atoms with Gasteiger partial charge in [0.25, 0.3) is 0 Å². The molecule has 1 rings (SSSR count). The van der Waals surface area contributed by atoms with E-state index in [0.717, 1.165) is 19.3 Å². The molecule has 1 heterocycles. The van der Waals surface area contributed by atoms with Crippen molar-refractivity contribution in [3.05, 3.63) is 11.6 Å². The average Bonchev–Trinajstić information content (AvgIpc) is 2.92. The van der Waals surface area contributed by atoms with Gasteiger partial charge in [-0.3, -0.25) is 0 Å². The van der Waals surface area contributed by atoms with E-state index in [1.165, 1.54) is 44.6 Å². The third-order valence-electron chi connectivity index (χ3n) is 5.28. The summed E-state index contributed by atoms with van der Waals surface area (Å²) in [4.78, 5) is 11.0. The van der Waals surface area contributed by atoms with Gasteiger partial charge in [0.1, 0.15) is 0 Å². The number of ether oxygens (including phenoxy) is 1. The van der Waals surface area contributed by atoms with E-state index in [4.69, 9.17) is 4.43 Å². The molecule has 6 heteroatoms. The van der Waals surface area contributed by atoms with Gasteiger partial charge < -0.3 is 19.4 Å². The molecule has 0 radical (unpaired) electrons. The van der Waals surface area contributed by atoms with Crippen molar-refractivity contribution in [3.8, 4) is 0 Å². The maximum Gasteiger partial charge on any atom is 0.333 e. The Bertz CT molecular complexity index is 484. The van der Waals surface area contributed by atoms with Crippen molar-refractivity contribution < 1.29 is 24.2 Å². The summed E-state index contributed by atoms with van der Waals surface area (Å²) in [5.41, 5.74) is 0.522. The molecule has 0 spiro atoms. The molecular formula is C22H42O5Si. The first kappa shape index (κ1) is 25.3. The van der Waals surface area contributed by atoms with Gasteiger partial charge in [-0.2, -0.15) is 0 Å². The maximum atomic E-state index is 11.0. The van der Waals surface area contributed by atoms with Gasteiger partial charge in [-0.15, -0.1) is 0 Å². The van der Waals surface area contributed by atoms with Crippen molar-refractivity contribution in [1.82, 2.24) is 0 Å². The smallest absolute Gasteiger partial charge is 0.333 e. The Labute approximate surface area is 173 Å². The number of carbonyl (C=O) groups is 1. The number of hydrogen-bond acceptors (Lipinski definition) is 5. The second kappa shape index (κ2) is 12.8. The molecule has 0 aromatic rings. The number of carbonyl (C=O) groups excluding carboxylic acids is 1. The first-order valence-electron chi connectivity index (χ1n) is 11.0. The number of esters is 1. The van der Waals surface area contributed by atoms with Crippen LogP contribution in [0, 0.1) is 5.41 Å². The van der Waals surface area contributed by atoms with Crippen molar-refractivity contribution in [1.29, 1.82) is 0 Å². The van der Waals surface area contributed by atoms with Gasteiger partial charge in [0, 0.05) is 17.8 Å². The Balaban J connectivity index is 2.02. The number of hydrogen-bond donors (Lipinski definition) is 2. The van der Waals surface area contributed by atoms with E-state index in [2.05, 4.69) is 38.6 Å². The van der Waals surface area contributed by atoms with Crippen LogP contribution >= 0.6 is 0 Å². The van der Waals surface area contributed by atoms with Crippen molar-refractivity contribution in [2.75, 3.05) is 0 Å². The Morgan fingerprint density at radius 1 is 1.04 bits per heavy atom. The minimum atomic E-state index is -1.27. The SMILES string of the molecule is C[SiH](C)OC(CCCCCCCCCCC(O)C1=CC(=O)OC1O)C(C)(C)C. The van der Waals surface area contributed by atoms with Crippen molar-refractivity contribution in [2.45, 2.75) is 117 Å². The van der Waals surface area contributed by atoms with Crippen molar-refractivity contribution >= 4 is 15.0 Å². The standard InChI is InChI=1S/C22H42O5Si/c1-22(2,3)19(27-28(4)5)15-13-11-9-7-6-8-10-12-14-18(23)17-16-20(24)26-21(17)25/h16,18-19,21,23,25,28H,6-15H2,1-5H3. The van der Waals surface area contributed by atoms with Gasteiger partial charge in [-0.25, -0.2) is 4.79 Å². The van der Waals surface area contributed by atoms with Crippen LogP contribution in [0.2, 0.25) is 13.1 Å². The molecule has 0 amide bonds. The summed E-state index contributed by atoms with van der Waals surface area (Å²) in [6.45, 7) is 11.3. The van der Waals surface area contributed by atoms with Crippen LogP contribution < -0.4 is 0 Å². The zero-order valence-electron chi connectivity index (χ0n) is 18.6. The lowest BCUT2D eigenvalue weighted by Gasteiger charge is -2.32. The topological polar surface area (TPSA) is 76.0 Å². The first-order valence-corrected chi connectivity index (χ1v) is 13.8. The molecule has 0 aromatic carbocycles. The summed E-state index contributed by atoms with van der Waals surface area (Å²) in [5, 5.41) is 19.5. The van der Waals surface area contributed by atoms with E-state index < -0.39 is 27.4 Å². The molecule has 2 N–H and O–H groups in total. The Morgan fingerprint density at radius 3 is 1.96 bits per heavy atom. The summed E-state index contributed by atoms with van der Waals surface area (Å²) in [6, 6.07) is 0. The van der Waals surface area contributed by atoms with E-state index >= 15 is 0 Å². The molecule has 0 aromatic heterocycles. The van der Waals surface area contributed by atoms with E-state index in [9.17, 15) is 15.0 Å². The van der Waals surface area contributed by atoms with Gasteiger partial charge >= 0.3 is 5.97 Å². The second-order valence-electron chi connectivity index (χ2n) is 9.39. The number of cyclic esters (lactones) is 1. The molecule has 0 saturated carbocycles. The van der Waals surface area contributed by atoms with Crippen LogP contribution in [-0.4, -0.2) is 43.7 Å². The molecule has 3 unspecified atom stereocenters. The van der Waals surface area contributed by atoms with E-state index in [1.54, 1.807) is 0 Å². The minimum Gasteiger partial charge on any atom is -0.429 e. The van der Waals surface area contributed by atoms with Crippen LogP contribution in [0.5, 0.6) is 0 Å². The molecule has 3 atom stereocenters. The quantitative estimate of drug-likeness (QED) is 0.249. The maximum absolute atomic E-state index is 11.0. The van der Waals surface area contributed by atoms with Crippen LogP contribution in [0.25, 0.3) is 0 Å². The third kappa shape index (κ3) is 10.2. The third-order valence-corrected chi connectivity index (χ3v) is 6.15. The molecule has 0 fully saturated rings. The van der Waals surface area contributed by atoms with Crippen molar-refractivity contribution in [2.24, 2.45) is 5.41 Å². The first-order chi connectivity index (χ1) is 13.1. The zero-order valence-corrected chi connectivity index (χ0v) is 19.7. The molecule has 5 nitrogen and oxygen atoms in total. The summed E-state index contributed by atoms with van der Waals surface area (Å²) < 4.78 is 10.8. The van der Waals surface area contributed by atoms with Crippen LogP contribution in [0.4, 0.5) is 0 Å². The van der Waals surface area contributed by atoms with Gasteiger partial charge in [0.05, 0.1) is 6.10 Å². The van der Waals surface area contributed by atoms with Gasteiger partial charge in [-0.1, -0.05) is 72.1 Å². The largest absolute Gasteiger partial charge is 0.429 e. The highest BCUT2D eigenvalue weighted by atomic mass is 28.3. The predicted octanol–water partition coefficient (Wildman–Crippen LogP) is 4.46. The fourth-order valence-corrected chi connectivity index (χ4v) is 4.81. The summed E-state index contributed by atoms with van der Waals surface area (Å²) in [7, 11) is -0.990. The van der Waals surface area contributed by atoms with Crippen LogP contribution in [0.1, 0.15) is 85.0 Å². The number of unbranched alkanes of at least 4 members (excludes halogenated alkanes) is 7. The fraction of sp³-hybridized carbons (Fsp3) is 0.864. The van der Waals surface area contributed by atoms with Gasteiger partial charge in [0.2, 0.25) is 6.29 Å². The van der Waals surface area contributed by atoms with Crippen LogP contribution in [-0.2, 0) is 14.0 Å². The molecular weight excluding hydrogens is 372 g/mol. The van der Waals surface area contributed by atoms with Crippen molar-refractivity contribution in [3.63, 3.8) is 0 Å². The Kier molecular flexibility index (Phi) is 11.6. The lowest BCUT2D eigenvalue weighted by atomic mass is 9.86. The van der Waals surface area contributed by atoms with E-state index in [1.807, 2.05) is 0 Å². The normalized spacial score (nSPS) is 19.6. The van der Waals surface area contributed by atoms with Gasteiger partial charge in [0.15, 0.2) is 9.04 Å². The monoisotopic (exact) mass is 414 g/mol. The Morgan fingerprint density at radius 2 is 1.54 bits per heavy atom. The summed E-state index contributed by atoms with van der Waals surface area (Å²) in [6.07, 6.45) is 10.7. The summed E-state index contributed by atoms with van der Waals surface area (Å²) in [5.74, 6) is -0.576. The highest BCUT2D eigenvalue weighted by molar-refractivity contribution is 6.48. The lowest BCUT2D eigenvalue weighted by molar-refractivity contribution is -0.152. The molecule has 1 aliphatic heterocycles. The minimum absolute atomic E-state index is 0.228. The number of rotatable bonds is 14. The average molecular weight is 415 g/mol. The van der Waals surface area contributed by atoms with Crippen LogP contribution in [0.15, 0.2) is 11.6 Å². The molecule has 0 saturated heterocycles. The molecule has 28 heavy (non-hydrogen) atoms. The predicted molar refractivity (Wildman–Crippen MR) is 116 cm³/mol. The molecule has 0 bridgehead atoms. The number of aliphatic hydroxyl groups is 2. The Hall–Kier alpha value is -0.693. The lowest BCUT2D eigenvalue weighted by Crippen LogP contribution is -2.33. The second-order valence-corrected chi connectivity index (χ2v) is 11.8. The fourth-order valence-electron chi connectivity index (χ4n) is 3.61. The molecule has 164 valence electrons. The molecule has 1 aliphatic rings. The van der Waals surface area contributed by atoms with E-state index in [0.29, 0.717) is 18.1 Å². The van der Waals surface area contributed by atoms with Crippen LogP contribution in [0.3, 0.4) is 0 Å².